The lowest BCUT2D eigenvalue weighted by molar-refractivity contribution is -0.137. The summed E-state index contributed by atoms with van der Waals surface area (Å²) in [5.41, 5.74) is -1.83. The summed E-state index contributed by atoms with van der Waals surface area (Å²) in [4.78, 5) is 17.7. The smallest absolute Gasteiger partial charge is 0.362 e. The van der Waals surface area contributed by atoms with Crippen molar-refractivity contribution in [2.75, 3.05) is 18.9 Å². The standard InChI is InChI=1S/C15H15ClF3N7O/c1-4-7-25(2)8-20-12-10(15(17,18)19)6-5-9(11(12)16)13(27)21-14-22-23-24-26(14)3/h4-6,8H,1,7H2,2-3H3,(H,21,22,24,27). The van der Waals surface area contributed by atoms with Crippen LogP contribution in [0.3, 0.4) is 0 Å². The van der Waals surface area contributed by atoms with Gasteiger partial charge >= 0.3 is 6.18 Å². The first-order chi connectivity index (χ1) is 12.6. The van der Waals surface area contributed by atoms with Gasteiger partial charge in [-0.3, -0.25) is 10.1 Å². The lowest BCUT2D eigenvalue weighted by atomic mass is 10.1. The molecule has 0 saturated heterocycles. The first-order valence-corrected chi connectivity index (χ1v) is 7.81. The summed E-state index contributed by atoms with van der Waals surface area (Å²) in [6.07, 6.45) is -1.97. The molecule has 2 aromatic rings. The number of benzene rings is 1. The molecule has 1 aromatic heterocycles. The third-order valence-corrected chi connectivity index (χ3v) is 3.70. The van der Waals surface area contributed by atoms with Crippen LogP contribution in [-0.4, -0.2) is 50.9 Å². The summed E-state index contributed by atoms with van der Waals surface area (Å²) < 4.78 is 41.1. The van der Waals surface area contributed by atoms with Crippen LogP contribution in [0.4, 0.5) is 24.8 Å². The van der Waals surface area contributed by atoms with E-state index in [1.165, 1.54) is 23.0 Å². The monoisotopic (exact) mass is 401 g/mol. The van der Waals surface area contributed by atoms with Crippen LogP contribution in [0.1, 0.15) is 15.9 Å². The van der Waals surface area contributed by atoms with E-state index in [1.807, 2.05) is 0 Å². The maximum absolute atomic E-state index is 13.3. The molecule has 2 rings (SSSR count). The Balaban J connectivity index is 2.45. The summed E-state index contributed by atoms with van der Waals surface area (Å²) in [6, 6.07) is 1.71. The highest BCUT2D eigenvalue weighted by molar-refractivity contribution is 6.37. The van der Waals surface area contributed by atoms with Gasteiger partial charge in [-0.05, 0) is 22.6 Å². The van der Waals surface area contributed by atoms with Crippen molar-refractivity contribution in [3.8, 4) is 0 Å². The Bertz CT molecular complexity index is 879. The van der Waals surface area contributed by atoms with E-state index in [0.29, 0.717) is 6.54 Å². The van der Waals surface area contributed by atoms with E-state index in [1.54, 1.807) is 13.1 Å². The average Bonchev–Trinajstić information content (AvgIpc) is 2.97. The Hall–Kier alpha value is -2.95. The van der Waals surface area contributed by atoms with Crippen molar-refractivity contribution in [1.29, 1.82) is 0 Å². The molecule has 0 unspecified atom stereocenters. The lowest BCUT2D eigenvalue weighted by Gasteiger charge is -2.15. The molecule has 0 saturated carbocycles. The lowest BCUT2D eigenvalue weighted by Crippen LogP contribution is -2.17. The van der Waals surface area contributed by atoms with Crippen LogP contribution in [0.5, 0.6) is 0 Å². The quantitative estimate of drug-likeness (QED) is 0.457. The predicted octanol–water partition coefficient (Wildman–Crippen LogP) is 2.91. The highest BCUT2D eigenvalue weighted by Crippen LogP contribution is 2.41. The van der Waals surface area contributed by atoms with E-state index in [2.05, 4.69) is 32.4 Å². The highest BCUT2D eigenvalue weighted by Gasteiger charge is 2.35. The topological polar surface area (TPSA) is 88.3 Å². The van der Waals surface area contributed by atoms with E-state index in [4.69, 9.17) is 11.6 Å². The van der Waals surface area contributed by atoms with E-state index >= 15 is 0 Å². The normalized spacial score (nSPS) is 11.6. The number of aliphatic imine (C=N–C) groups is 1. The number of rotatable bonds is 6. The van der Waals surface area contributed by atoms with E-state index < -0.39 is 28.4 Å². The van der Waals surface area contributed by atoms with Gasteiger partial charge in [0.05, 0.1) is 28.2 Å². The number of carbonyl (C=O) groups is 1. The van der Waals surface area contributed by atoms with Crippen molar-refractivity contribution in [1.82, 2.24) is 25.1 Å². The van der Waals surface area contributed by atoms with Crippen molar-refractivity contribution in [2.24, 2.45) is 12.0 Å². The summed E-state index contributed by atoms with van der Waals surface area (Å²) in [7, 11) is 3.08. The molecule has 144 valence electrons. The van der Waals surface area contributed by atoms with Gasteiger partial charge in [0.25, 0.3) is 5.91 Å². The van der Waals surface area contributed by atoms with Gasteiger partial charge in [0.2, 0.25) is 5.95 Å². The molecule has 0 radical (unpaired) electrons. The summed E-state index contributed by atoms with van der Waals surface area (Å²) in [5.74, 6) is -0.769. The molecule has 0 aliphatic rings. The fourth-order valence-electron chi connectivity index (χ4n) is 2.01. The first kappa shape index (κ1) is 20.4. The number of aromatic nitrogens is 4. The predicted molar refractivity (Wildman–Crippen MR) is 94.2 cm³/mol. The molecule has 1 amide bonds. The number of nitrogens with zero attached hydrogens (tertiary/aromatic N) is 6. The second-order valence-electron chi connectivity index (χ2n) is 5.37. The van der Waals surface area contributed by atoms with Gasteiger partial charge in [-0.1, -0.05) is 22.8 Å². The number of likely N-dealkylation sites (N-methyl/N-ethyl adjacent to an activating group) is 1. The Morgan fingerprint density at radius 1 is 1.48 bits per heavy atom. The van der Waals surface area contributed by atoms with Gasteiger partial charge in [0.1, 0.15) is 0 Å². The molecule has 0 spiro atoms. The van der Waals surface area contributed by atoms with Crippen molar-refractivity contribution in [3.05, 3.63) is 40.9 Å². The Labute approximate surface area is 157 Å². The van der Waals surface area contributed by atoms with E-state index in [9.17, 15) is 18.0 Å². The number of hydrogen-bond donors (Lipinski definition) is 1. The molecule has 1 heterocycles. The molecule has 1 aromatic carbocycles. The maximum Gasteiger partial charge on any atom is 0.418 e. The van der Waals surface area contributed by atoms with E-state index in [0.717, 1.165) is 12.1 Å². The molecule has 1 N–H and O–H groups in total. The molecular weight excluding hydrogens is 387 g/mol. The van der Waals surface area contributed by atoms with E-state index in [-0.39, 0.29) is 11.5 Å². The fourth-order valence-corrected chi connectivity index (χ4v) is 2.31. The summed E-state index contributed by atoms with van der Waals surface area (Å²) in [5, 5.41) is 12.4. The minimum atomic E-state index is -4.70. The zero-order valence-electron chi connectivity index (χ0n) is 14.3. The second-order valence-corrected chi connectivity index (χ2v) is 5.75. The van der Waals surface area contributed by atoms with Crippen LogP contribution >= 0.6 is 11.6 Å². The fraction of sp³-hybridized carbons (Fsp3) is 0.267. The number of tetrazole rings is 1. The van der Waals surface area contributed by atoms with Crippen LogP contribution in [0.15, 0.2) is 29.8 Å². The number of aryl methyl sites for hydroxylation is 1. The van der Waals surface area contributed by atoms with Crippen LogP contribution < -0.4 is 5.32 Å². The summed E-state index contributed by atoms with van der Waals surface area (Å²) in [6.45, 7) is 3.89. The zero-order chi connectivity index (χ0) is 20.2. The number of anilines is 1. The van der Waals surface area contributed by atoms with Gasteiger partial charge < -0.3 is 4.90 Å². The first-order valence-electron chi connectivity index (χ1n) is 7.44. The number of carbonyl (C=O) groups excluding carboxylic acids is 1. The maximum atomic E-state index is 13.3. The molecule has 0 aliphatic heterocycles. The average molecular weight is 402 g/mol. The molecule has 12 heteroatoms. The van der Waals surface area contributed by atoms with Crippen molar-refractivity contribution < 1.29 is 18.0 Å². The Morgan fingerprint density at radius 3 is 2.74 bits per heavy atom. The Morgan fingerprint density at radius 2 is 2.19 bits per heavy atom. The number of hydrogen-bond acceptors (Lipinski definition) is 5. The van der Waals surface area contributed by atoms with Crippen LogP contribution in [-0.2, 0) is 13.2 Å². The number of alkyl halides is 3. The molecule has 8 nitrogen and oxygen atoms in total. The highest BCUT2D eigenvalue weighted by atomic mass is 35.5. The van der Waals surface area contributed by atoms with Gasteiger partial charge in [-0.15, -0.1) is 6.58 Å². The van der Waals surface area contributed by atoms with Gasteiger partial charge in [-0.25, -0.2) is 9.67 Å². The largest absolute Gasteiger partial charge is 0.418 e. The SMILES string of the molecule is C=CCN(C)C=Nc1c(C(F)(F)F)ccc(C(=O)Nc2nnnn2C)c1Cl. The minimum absolute atomic E-state index is 0.00623. The van der Waals surface area contributed by atoms with Crippen molar-refractivity contribution in [3.63, 3.8) is 0 Å². The van der Waals surface area contributed by atoms with Crippen LogP contribution in [0.25, 0.3) is 0 Å². The molecular formula is C15H15ClF3N7O. The van der Waals surface area contributed by atoms with Crippen LogP contribution in [0.2, 0.25) is 5.02 Å². The second kappa shape index (κ2) is 8.16. The number of nitrogens with one attached hydrogen (secondary N) is 1. The molecule has 27 heavy (non-hydrogen) atoms. The van der Waals surface area contributed by atoms with Crippen LogP contribution in [0, 0.1) is 0 Å². The Kier molecular flexibility index (Phi) is 6.16. The minimum Gasteiger partial charge on any atom is -0.362 e. The molecule has 0 bridgehead atoms. The number of halogens is 4. The van der Waals surface area contributed by atoms with Gasteiger partial charge in [0, 0.05) is 20.6 Å². The number of amides is 1. The molecule has 0 aliphatic carbocycles. The zero-order valence-corrected chi connectivity index (χ0v) is 15.1. The van der Waals surface area contributed by atoms with Gasteiger partial charge in [-0.2, -0.15) is 13.2 Å². The van der Waals surface area contributed by atoms with Crippen molar-refractivity contribution in [2.45, 2.75) is 6.18 Å². The molecule has 0 atom stereocenters. The third-order valence-electron chi connectivity index (χ3n) is 3.31. The van der Waals surface area contributed by atoms with Crippen molar-refractivity contribution >= 4 is 35.5 Å². The third kappa shape index (κ3) is 4.82. The molecule has 0 fully saturated rings. The summed E-state index contributed by atoms with van der Waals surface area (Å²) >= 11 is 6.08. The van der Waals surface area contributed by atoms with Gasteiger partial charge in [0.15, 0.2) is 0 Å².